The minimum Gasteiger partial charge on any atom is -0.371 e. The molecule has 3 heterocycles. The monoisotopic (exact) mass is 509 g/mol. The first-order valence-corrected chi connectivity index (χ1v) is 13.9. The van der Waals surface area contributed by atoms with Crippen molar-refractivity contribution in [1.82, 2.24) is 14.9 Å². The molecule has 182 valence electrons. The van der Waals surface area contributed by atoms with Gasteiger partial charge in [-0.3, -0.25) is 9.52 Å². The van der Waals surface area contributed by atoms with E-state index in [4.69, 9.17) is 0 Å². The summed E-state index contributed by atoms with van der Waals surface area (Å²) in [6.45, 7) is 3.50. The van der Waals surface area contributed by atoms with Gasteiger partial charge in [0, 0.05) is 48.1 Å². The maximum atomic E-state index is 12.9. The number of amides is 1. The first-order chi connectivity index (χ1) is 16.9. The molecule has 35 heavy (non-hydrogen) atoms. The number of aromatic nitrogens is 2. The smallest absolute Gasteiger partial charge is 0.263 e. The number of hydrogen-bond acceptors (Lipinski definition) is 6. The van der Waals surface area contributed by atoms with Crippen LogP contribution in [0.2, 0.25) is 0 Å². The van der Waals surface area contributed by atoms with E-state index in [9.17, 15) is 13.2 Å². The maximum absolute atomic E-state index is 12.9. The summed E-state index contributed by atoms with van der Waals surface area (Å²) in [5, 5.41) is 6.40. The number of carbonyl (C=O) groups is 1. The minimum absolute atomic E-state index is 0.0205. The quantitative estimate of drug-likeness (QED) is 0.388. The number of carbonyl (C=O) groups excluding carboxylic acids is 1. The zero-order valence-electron chi connectivity index (χ0n) is 19.3. The van der Waals surface area contributed by atoms with Crippen LogP contribution in [0.1, 0.15) is 25.8 Å². The minimum atomic E-state index is -3.66. The number of thiazole rings is 1. The molecular formula is C25H27N5O3S2. The van der Waals surface area contributed by atoms with Gasteiger partial charge in [-0.25, -0.2) is 13.4 Å². The molecule has 1 amide bonds. The summed E-state index contributed by atoms with van der Waals surface area (Å²) >= 11 is 1.23. The van der Waals surface area contributed by atoms with Crippen LogP contribution in [0.15, 0.2) is 77.3 Å². The lowest BCUT2D eigenvalue weighted by Gasteiger charge is -2.34. The molecule has 0 radical (unpaired) electrons. The van der Waals surface area contributed by atoms with Gasteiger partial charge in [-0.15, -0.1) is 11.3 Å². The molecular weight excluding hydrogens is 482 g/mol. The lowest BCUT2D eigenvalue weighted by Crippen LogP contribution is -2.46. The number of benzene rings is 2. The molecule has 4 aromatic rings. The molecule has 1 saturated heterocycles. The molecule has 2 aromatic heterocycles. The zero-order chi connectivity index (χ0) is 24.4. The highest BCUT2D eigenvalue weighted by Crippen LogP contribution is 2.25. The number of para-hydroxylation sites is 1. The SMILES string of the molecule is C[C@@H](C(=O)NC1CCN(c2ccc(S(=O)(=O)Nc3nccs3)cc2)CC1)n1ccc2ccccc21. The van der Waals surface area contributed by atoms with Crippen molar-refractivity contribution in [2.45, 2.75) is 36.7 Å². The predicted molar refractivity (Wildman–Crippen MR) is 139 cm³/mol. The molecule has 0 spiro atoms. The molecule has 1 aliphatic rings. The summed E-state index contributed by atoms with van der Waals surface area (Å²) in [5.74, 6) is 0.0205. The number of anilines is 2. The largest absolute Gasteiger partial charge is 0.371 e. The molecule has 1 atom stereocenters. The van der Waals surface area contributed by atoms with E-state index < -0.39 is 10.0 Å². The molecule has 0 aliphatic carbocycles. The highest BCUT2D eigenvalue weighted by molar-refractivity contribution is 7.93. The van der Waals surface area contributed by atoms with E-state index in [0.717, 1.165) is 42.5 Å². The summed E-state index contributed by atoms with van der Waals surface area (Å²) in [4.78, 5) is 19.3. The van der Waals surface area contributed by atoms with E-state index in [1.165, 1.54) is 11.3 Å². The third-order valence-electron chi connectivity index (χ3n) is 6.43. The van der Waals surface area contributed by atoms with Gasteiger partial charge < -0.3 is 14.8 Å². The van der Waals surface area contributed by atoms with Crippen molar-refractivity contribution in [3.05, 3.63) is 72.4 Å². The van der Waals surface area contributed by atoms with E-state index in [-0.39, 0.29) is 22.9 Å². The molecule has 0 saturated carbocycles. The Morgan fingerprint density at radius 1 is 1.09 bits per heavy atom. The summed E-state index contributed by atoms with van der Waals surface area (Å²) in [6.07, 6.45) is 5.18. The molecule has 0 bridgehead atoms. The molecule has 8 nitrogen and oxygen atoms in total. The first-order valence-electron chi connectivity index (χ1n) is 11.5. The Labute approximate surface area is 208 Å². The van der Waals surface area contributed by atoms with Crippen LogP contribution in [0, 0.1) is 0 Å². The first kappa shape index (κ1) is 23.4. The average molecular weight is 510 g/mol. The fraction of sp³-hybridized carbons (Fsp3) is 0.280. The fourth-order valence-corrected chi connectivity index (χ4v) is 6.24. The Balaban J connectivity index is 1.16. The number of nitrogens with one attached hydrogen (secondary N) is 2. The number of rotatable bonds is 7. The molecule has 5 rings (SSSR count). The Kier molecular flexibility index (Phi) is 6.48. The average Bonchev–Trinajstić information content (AvgIpc) is 3.54. The van der Waals surface area contributed by atoms with Crippen molar-refractivity contribution in [3.63, 3.8) is 0 Å². The Hall–Kier alpha value is -3.37. The van der Waals surface area contributed by atoms with Gasteiger partial charge in [-0.1, -0.05) is 18.2 Å². The number of fused-ring (bicyclic) bond motifs is 1. The number of nitrogens with zero attached hydrogens (tertiary/aromatic N) is 3. The Morgan fingerprint density at radius 3 is 2.54 bits per heavy atom. The van der Waals surface area contributed by atoms with E-state index >= 15 is 0 Å². The third-order valence-corrected chi connectivity index (χ3v) is 8.61. The van der Waals surface area contributed by atoms with Crippen LogP contribution in [0.5, 0.6) is 0 Å². The number of sulfonamides is 1. The summed E-state index contributed by atoms with van der Waals surface area (Å²) in [7, 11) is -3.66. The van der Waals surface area contributed by atoms with Gasteiger partial charge >= 0.3 is 0 Å². The van der Waals surface area contributed by atoms with Crippen LogP contribution < -0.4 is 14.9 Å². The summed E-state index contributed by atoms with van der Waals surface area (Å²) in [6, 6.07) is 16.8. The molecule has 1 fully saturated rings. The van der Waals surface area contributed by atoms with Gasteiger partial charge in [-0.2, -0.15) is 0 Å². The predicted octanol–water partition coefficient (Wildman–Crippen LogP) is 4.24. The van der Waals surface area contributed by atoms with Crippen molar-refractivity contribution in [1.29, 1.82) is 0 Å². The second kappa shape index (κ2) is 9.71. The van der Waals surface area contributed by atoms with Crippen molar-refractivity contribution in [2.24, 2.45) is 0 Å². The van der Waals surface area contributed by atoms with Crippen molar-refractivity contribution < 1.29 is 13.2 Å². The van der Waals surface area contributed by atoms with E-state index in [2.05, 4.69) is 19.9 Å². The Morgan fingerprint density at radius 2 is 1.83 bits per heavy atom. The zero-order valence-corrected chi connectivity index (χ0v) is 20.9. The molecule has 2 aromatic carbocycles. The van der Waals surface area contributed by atoms with Gasteiger partial charge in [-0.05, 0) is 61.5 Å². The lowest BCUT2D eigenvalue weighted by molar-refractivity contribution is -0.124. The van der Waals surface area contributed by atoms with Gasteiger partial charge in [0.2, 0.25) is 5.91 Å². The van der Waals surface area contributed by atoms with Crippen LogP contribution in [-0.2, 0) is 14.8 Å². The van der Waals surface area contributed by atoms with Crippen molar-refractivity contribution in [3.8, 4) is 0 Å². The van der Waals surface area contributed by atoms with Gasteiger partial charge in [0.1, 0.15) is 6.04 Å². The highest BCUT2D eigenvalue weighted by atomic mass is 32.2. The second-order valence-corrected chi connectivity index (χ2v) is 11.2. The third kappa shape index (κ3) is 5.03. The van der Waals surface area contributed by atoms with Gasteiger partial charge in [0.05, 0.1) is 4.90 Å². The molecule has 2 N–H and O–H groups in total. The van der Waals surface area contributed by atoms with Crippen LogP contribution >= 0.6 is 11.3 Å². The van der Waals surface area contributed by atoms with E-state index in [0.29, 0.717) is 5.13 Å². The molecule has 1 aliphatic heterocycles. The topological polar surface area (TPSA) is 96.3 Å². The van der Waals surface area contributed by atoms with Crippen LogP contribution in [0.25, 0.3) is 10.9 Å². The van der Waals surface area contributed by atoms with Crippen LogP contribution in [0.3, 0.4) is 0 Å². The molecule has 10 heteroatoms. The van der Waals surface area contributed by atoms with Gasteiger partial charge in [0.15, 0.2) is 5.13 Å². The second-order valence-electron chi connectivity index (χ2n) is 8.66. The van der Waals surface area contributed by atoms with Crippen LogP contribution in [-0.4, -0.2) is 43.0 Å². The standard InChI is InChI=1S/C25H27N5O3S2/c1-18(30-16-10-19-4-2-3-5-23(19)30)24(31)27-20-11-14-29(15-12-20)21-6-8-22(9-7-21)35(32,33)28-25-26-13-17-34-25/h2-10,13,16-18,20H,11-12,14-15H2,1H3,(H,26,28)(H,27,31)/t18-/m0/s1. The Bertz CT molecular complexity index is 1410. The maximum Gasteiger partial charge on any atom is 0.263 e. The fourth-order valence-electron chi connectivity index (χ4n) is 4.46. The highest BCUT2D eigenvalue weighted by Gasteiger charge is 2.24. The van der Waals surface area contributed by atoms with Crippen molar-refractivity contribution >= 4 is 49.0 Å². The van der Waals surface area contributed by atoms with E-state index in [1.807, 2.05) is 60.2 Å². The normalized spacial score (nSPS) is 15.7. The summed E-state index contributed by atoms with van der Waals surface area (Å²) in [5.41, 5.74) is 2.02. The lowest BCUT2D eigenvalue weighted by atomic mass is 10.0. The van der Waals surface area contributed by atoms with Crippen molar-refractivity contribution in [2.75, 3.05) is 22.7 Å². The molecule has 0 unspecified atom stereocenters. The number of hydrogen-bond donors (Lipinski definition) is 2. The van der Waals surface area contributed by atoms with Gasteiger partial charge in [0.25, 0.3) is 10.0 Å². The number of piperidine rings is 1. The van der Waals surface area contributed by atoms with Crippen LogP contribution in [0.4, 0.5) is 10.8 Å². The summed E-state index contributed by atoms with van der Waals surface area (Å²) < 4.78 is 29.6. The van der Waals surface area contributed by atoms with E-state index in [1.54, 1.807) is 23.7 Å².